The molecule has 1 fully saturated rings. The third-order valence-electron chi connectivity index (χ3n) is 6.80. The van der Waals surface area contributed by atoms with Crippen molar-refractivity contribution in [2.24, 2.45) is 0 Å². The first-order chi connectivity index (χ1) is 18.8. The second-order valence-corrected chi connectivity index (χ2v) is 10.7. The third kappa shape index (κ3) is 7.70. The summed E-state index contributed by atoms with van der Waals surface area (Å²) < 4.78 is 74.5. The van der Waals surface area contributed by atoms with E-state index >= 15 is 4.39 Å². The van der Waals surface area contributed by atoms with Gasteiger partial charge < -0.3 is 14.2 Å². The van der Waals surface area contributed by atoms with Crippen LogP contribution in [0.4, 0.5) is 17.6 Å². The molecule has 0 amide bonds. The van der Waals surface area contributed by atoms with E-state index in [0.717, 1.165) is 34.8 Å². The molecule has 1 saturated heterocycles. The number of halogens is 4. The summed E-state index contributed by atoms with van der Waals surface area (Å²) in [6.45, 7) is 4.38. The molecule has 1 aliphatic rings. The zero-order valence-corrected chi connectivity index (χ0v) is 23.0. The lowest BCUT2D eigenvalue weighted by Crippen LogP contribution is -2.22. The molecule has 3 nitrogen and oxygen atoms in total. The fraction of sp³-hybridized carbons (Fsp3) is 0.419. The fourth-order valence-electron chi connectivity index (χ4n) is 4.71. The molecule has 1 aliphatic heterocycles. The van der Waals surface area contributed by atoms with E-state index in [1.54, 1.807) is 23.9 Å². The monoisotopic (exact) mass is 562 g/mol. The molecule has 0 spiro atoms. The number of alkyl halides is 3. The Morgan fingerprint density at radius 2 is 1.59 bits per heavy atom. The van der Waals surface area contributed by atoms with Crippen molar-refractivity contribution in [1.82, 2.24) is 0 Å². The van der Waals surface area contributed by atoms with E-state index in [1.807, 2.05) is 43.3 Å². The van der Waals surface area contributed by atoms with Crippen molar-refractivity contribution < 1.29 is 31.8 Å². The number of hydrogen-bond acceptors (Lipinski definition) is 4. The molecule has 0 bridgehead atoms. The maximum atomic E-state index is 15.4. The fourth-order valence-corrected chi connectivity index (χ4v) is 5.70. The Morgan fingerprint density at radius 3 is 2.21 bits per heavy atom. The average molecular weight is 563 g/mol. The van der Waals surface area contributed by atoms with E-state index < -0.39 is 23.5 Å². The number of rotatable bonds is 11. The van der Waals surface area contributed by atoms with E-state index in [0.29, 0.717) is 25.2 Å². The molecule has 210 valence electrons. The maximum Gasteiger partial charge on any atom is 0.419 e. The molecule has 0 N–H and O–H groups in total. The molecule has 39 heavy (non-hydrogen) atoms. The van der Waals surface area contributed by atoms with Crippen LogP contribution < -0.4 is 9.47 Å². The highest BCUT2D eigenvalue weighted by atomic mass is 32.2. The van der Waals surface area contributed by atoms with Gasteiger partial charge in [0.15, 0.2) is 0 Å². The van der Waals surface area contributed by atoms with Gasteiger partial charge in [0.1, 0.15) is 23.9 Å². The van der Waals surface area contributed by atoms with Gasteiger partial charge in [0.25, 0.3) is 0 Å². The van der Waals surface area contributed by atoms with Crippen LogP contribution in [0.5, 0.6) is 11.5 Å². The topological polar surface area (TPSA) is 27.7 Å². The van der Waals surface area contributed by atoms with Crippen LogP contribution in [-0.2, 0) is 17.5 Å². The number of unbranched alkanes of at least 4 members (excludes halogenated alkanes) is 1. The average Bonchev–Trinajstić information content (AvgIpc) is 2.93. The number of ether oxygens (including phenoxy) is 3. The smallest absolute Gasteiger partial charge is 0.419 e. The van der Waals surface area contributed by atoms with E-state index in [9.17, 15) is 13.2 Å². The summed E-state index contributed by atoms with van der Waals surface area (Å²) in [5.41, 5.74) is -0.493. The Labute approximate surface area is 231 Å². The van der Waals surface area contributed by atoms with Crippen molar-refractivity contribution >= 4 is 11.8 Å². The first-order valence-electron chi connectivity index (χ1n) is 13.4. The van der Waals surface area contributed by atoms with Crippen molar-refractivity contribution in [3.8, 4) is 11.5 Å². The molecular weight excluding hydrogens is 528 g/mol. The van der Waals surface area contributed by atoms with Crippen LogP contribution >= 0.6 is 11.8 Å². The summed E-state index contributed by atoms with van der Waals surface area (Å²) >= 11 is 1.72. The second-order valence-electron chi connectivity index (χ2n) is 9.56. The minimum atomic E-state index is -4.85. The lowest BCUT2D eigenvalue weighted by Gasteiger charge is -2.30. The summed E-state index contributed by atoms with van der Waals surface area (Å²) in [5.74, 6) is 0.510. The molecule has 4 rings (SSSR count). The highest BCUT2D eigenvalue weighted by Crippen LogP contribution is 2.41. The summed E-state index contributed by atoms with van der Waals surface area (Å²) in [7, 11) is 0. The number of hydrogen-bond donors (Lipinski definition) is 0. The molecule has 8 heteroatoms. The molecule has 3 aromatic rings. The number of benzene rings is 3. The Kier molecular flexibility index (Phi) is 10.2. The molecule has 0 saturated carbocycles. The molecule has 0 aliphatic carbocycles. The standard InChI is InChI=1S/C31H34F4O3S/c1-3-5-18-39-26-14-12-25(13-15-26)37-20-23-8-16-27(30(32)29(23)31(33,34)35)22-9-17-28(38-19-22)21-6-10-24(11-7-21)36-4-2/h6-8,10-16,22,28H,3-5,9,17-20H2,1-2H3. The highest BCUT2D eigenvalue weighted by Gasteiger charge is 2.39. The van der Waals surface area contributed by atoms with Crippen LogP contribution in [0.3, 0.4) is 0 Å². The first kappa shape index (κ1) is 29.3. The van der Waals surface area contributed by atoms with Gasteiger partial charge >= 0.3 is 6.18 Å². The Hall–Kier alpha value is -2.71. The predicted octanol–water partition coefficient (Wildman–Crippen LogP) is 9.35. The summed E-state index contributed by atoms with van der Waals surface area (Å²) in [4.78, 5) is 1.07. The van der Waals surface area contributed by atoms with Gasteiger partial charge in [0, 0.05) is 16.4 Å². The Balaban J connectivity index is 1.42. The first-order valence-corrected chi connectivity index (χ1v) is 14.4. The van der Waals surface area contributed by atoms with Gasteiger partial charge in [-0.3, -0.25) is 0 Å². The quantitative estimate of drug-likeness (QED) is 0.132. The normalized spacial score (nSPS) is 17.7. The van der Waals surface area contributed by atoms with Crippen LogP contribution in [0.15, 0.2) is 65.6 Å². The zero-order valence-electron chi connectivity index (χ0n) is 22.2. The van der Waals surface area contributed by atoms with Crippen LogP contribution in [-0.4, -0.2) is 19.0 Å². The molecule has 1 heterocycles. The molecule has 3 aromatic carbocycles. The van der Waals surface area contributed by atoms with Crippen LogP contribution in [0.1, 0.15) is 73.8 Å². The van der Waals surface area contributed by atoms with E-state index in [4.69, 9.17) is 14.2 Å². The Bertz CT molecular complexity index is 1190. The summed E-state index contributed by atoms with van der Waals surface area (Å²) in [5, 5.41) is 0. The minimum absolute atomic E-state index is 0.0321. The zero-order chi connectivity index (χ0) is 27.8. The maximum absolute atomic E-state index is 15.4. The molecule has 2 atom stereocenters. The van der Waals surface area contributed by atoms with Crippen molar-refractivity contribution in [3.63, 3.8) is 0 Å². The molecular formula is C31H34F4O3S. The van der Waals surface area contributed by atoms with E-state index in [1.165, 1.54) is 12.1 Å². The van der Waals surface area contributed by atoms with Crippen LogP contribution in [0.2, 0.25) is 0 Å². The van der Waals surface area contributed by atoms with Gasteiger partial charge in [-0.25, -0.2) is 4.39 Å². The van der Waals surface area contributed by atoms with Crippen molar-refractivity contribution in [3.05, 3.63) is 88.7 Å². The highest BCUT2D eigenvalue weighted by molar-refractivity contribution is 7.99. The SMILES string of the molecule is CCCCSc1ccc(OCc2ccc(C3CCC(c4ccc(OCC)cc4)OC3)c(F)c2C(F)(F)F)cc1. The predicted molar refractivity (Wildman–Crippen MR) is 146 cm³/mol. The largest absolute Gasteiger partial charge is 0.494 e. The van der Waals surface area contributed by atoms with Gasteiger partial charge in [0.05, 0.1) is 24.9 Å². The van der Waals surface area contributed by atoms with Crippen molar-refractivity contribution in [2.45, 2.75) is 69.2 Å². The van der Waals surface area contributed by atoms with Crippen LogP contribution in [0.25, 0.3) is 0 Å². The van der Waals surface area contributed by atoms with Gasteiger partial charge in [0.2, 0.25) is 0 Å². The molecule has 0 radical (unpaired) electrons. The second kappa shape index (κ2) is 13.6. The van der Waals surface area contributed by atoms with E-state index in [2.05, 4.69) is 6.92 Å². The third-order valence-corrected chi connectivity index (χ3v) is 7.90. The summed E-state index contributed by atoms with van der Waals surface area (Å²) in [6, 6.07) is 17.6. The van der Waals surface area contributed by atoms with Crippen molar-refractivity contribution in [2.75, 3.05) is 19.0 Å². The molecule has 2 unspecified atom stereocenters. The van der Waals surface area contributed by atoms with Gasteiger partial charge in [-0.2, -0.15) is 13.2 Å². The lowest BCUT2D eigenvalue weighted by molar-refractivity contribution is -0.141. The Morgan fingerprint density at radius 1 is 0.897 bits per heavy atom. The number of thioether (sulfide) groups is 1. The lowest BCUT2D eigenvalue weighted by atomic mass is 9.87. The van der Waals surface area contributed by atoms with Gasteiger partial charge in [-0.15, -0.1) is 11.8 Å². The molecule has 0 aromatic heterocycles. The minimum Gasteiger partial charge on any atom is -0.494 e. The van der Waals surface area contributed by atoms with Gasteiger partial charge in [-0.1, -0.05) is 37.6 Å². The summed E-state index contributed by atoms with van der Waals surface area (Å²) in [6.07, 6.45) is -1.71. The van der Waals surface area contributed by atoms with Crippen molar-refractivity contribution in [1.29, 1.82) is 0 Å². The van der Waals surface area contributed by atoms with Gasteiger partial charge in [-0.05, 0) is 79.5 Å². The van der Waals surface area contributed by atoms with E-state index in [-0.39, 0.29) is 30.4 Å². The van der Waals surface area contributed by atoms with Crippen LogP contribution in [0, 0.1) is 5.82 Å².